The van der Waals surface area contributed by atoms with E-state index in [-0.39, 0.29) is 11.9 Å². The van der Waals surface area contributed by atoms with E-state index < -0.39 is 6.10 Å². The van der Waals surface area contributed by atoms with Crippen LogP contribution < -0.4 is 15.4 Å². The second-order valence-corrected chi connectivity index (χ2v) is 6.32. The average Bonchev–Trinajstić information content (AvgIpc) is 2.37. The lowest BCUT2D eigenvalue weighted by Crippen LogP contribution is -2.49. The van der Waals surface area contributed by atoms with E-state index in [1.807, 2.05) is 0 Å². The topological polar surface area (TPSA) is 50.4 Å². The summed E-state index contributed by atoms with van der Waals surface area (Å²) in [5.41, 5.74) is 0. The molecule has 1 aliphatic heterocycles. The molecule has 1 aromatic rings. The number of benzene rings is 1. The standard InChI is InChI=1S/C15H20Cl2N2O2/c1-9-5-13(3-4-18-9)19-15(20)10(2)21-14-7-11(16)6-12(17)8-14/h6-10,13,18H,3-5H2,1-2H3,(H,19,20). The van der Waals surface area contributed by atoms with Crippen LogP contribution in [0.25, 0.3) is 0 Å². The minimum atomic E-state index is -0.593. The van der Waals surface area contributed by atoms with E-state index in [2.05, 4.69) is 17.6 Å². The van der Waals surface area contributed by atoms with Gasteiger partial charge in [0, 0.05) is 22.1 Å². The molecule has 4 nitrogen and oxygen atoms in total. The molecule has 0 bridgehead atoms. The van der Waals surface area contributed by atoms with Crippen molar-refractivity contribution in [3.8, 4) is 5.75 Å². The molecule has 1 amide bonds. The summed E-state index contributed by atoms with van der Waals surface area (Å²) >= 11 is 11.8. The van der Waals surface area contributed by atoms with E-state index in [0.29, 0.717) is 21.8 Å². The zero-order valence-electron chi connectivity index (χ0n) is 12.2. The van der Waals surface area contributed by atoms with Crippen LogP contribution in [-0.2, 0) is 4.79 Å². The molecule has 2 N–H and O–H groups in total. The second-order valence-electron chi connectivity index (χ2n) is 5.45. The summed E-state index contributed by atoms with van der Waals surface area (Å²) in [6, 6.07) is 5.53. The van der Waals surface area contributed by atoms with E-state index >= 15 is 0 Å². The van der Waals surface area contributed by atoms with Crippen molar-refractivity contribution in [2.75, 3.05) is 6.54 Å². The molecular weight excluding hydrogens is 311 g/mol. The van der Waals surface area contributed by atoms with Crippen molar-refractivity contribution in [1.82, 2.24) is 10.6 Å². The molecule has 0 spiro atoms. The third-order valence-corrected chi connectivity index (χ3v) is 3.92. The quantitative estimate of drug-likeness (QED) is 0.892. The molecule has 21 heavy (non-hydrogen) atoms. The fraction of sp³-hybridized carbons (Fsp3) is 0.533. The number of hydrogen-bond donors (Lipinski definition) is 2. The minimum absolute atomic E-state index is 0.120. The number of carbonyl (C=O) groups is 1. The van der Waals surface area contributed by atoms with Gasteiger partial charge in [0.1, 0.15) is 5.75 Å². The molecule has 1 aliphatic rings. The normalized spacial score (nSPS) is 23.4. The van der Waals surface area contributed by atoms with Gasteiger partial charge in [-0.1, -0.05) is 23.2 Å². The average molecular weight is 331 g/mol. The summed E-state index contributed by atoms with van der Waals surface area (Å²) in [6.45, 7) is 4.76. The van der Waals surface area contributed by atoms with E-state index in [1.54, 1.807) is 25.1 Å². The Bertz CT molecular complexity index is 490. The van der Waals surface area contributed by atoms with E-state index in [1.165, 1.54) is 0 Å². The van der Waals surface area contributed by atoms with Gasteiger partial charge in [-0.2, -0.15) is 0 Å². The summed E-state index contributed by atoms with van der Waals surface area (Å²) in [5.74, 6) is 0.374. The Hall–Kier alpha value is -0.970. The van der Waals surface area contributed by atoms with E-state index in [4.69, 9.17) is 27.9 Å². The van der Waals surface area contributed by atoms with Crippen LogP contribution >= 0.6 is 23.2 Å². The summed E-state index contributed by atoms with van der Waals surface area (Å²) in [5, 5.41) is 7.35. The van der Waals surface area contributed by atoms with Crippen LogP contribution in [0.1, 0.15) is 26.7 Å². The molecule has 1 aromatic carbocycles. The van der Waals surface area contributed by atoms with Gasteiger partial charge in [0.05, 0.1) is 0 Å². The summed E-state index contributed by atoms with van der Waals surface area (Å²) < 4.78 is 5.61. The molecule has 116 valence electrons. The molecule has 3 atom stereocenters. The Balaban J connectivity index is 1.90. The van der Waals surface area contributed by atoms with Gasteiger partial charge >= 0.3 is 0 Å². The maximum atomic E-state index is 12.2. The molecule has 3 unspecified atom stereocenters. The lowest BCUT2D eigenvalue weighted by molar-refractivity contribution is -0.128. The Kier molecular flexibility index (Phi) is 5.73. The van der Waals surface area contributed by atoms with Crippen molar-refractivity contribution in [3.05, 3.63) is 28.2 Å². The highest BCUT2D eigenvalue weighted by atomic mass is 35.5. The number of amides is 1. The number of piperidine rings is 1. The molecule has 1 saturated heterocycles. The Morgan fingerprint density at radius 3 is 2.67 bits per heavy atom. The van der Waals surface area contributed by atoms with E-state index in [0.717, 1.165) is 19.4 Å². The number of rotatable bonds is 4. The first-order chi connectivity index (χ1) is 9.94. The van der Waals surface area contributed by atoms with Crippen LogP contribution in [0.4, 0.5) is 0 Å². The maximum Gasteiger partial charge on any atom is 0.260 e. The zero-order valence-corrected chi connectivity index (χ0v) is 13.7. The van der Waals surface area contributed by atoms with Crippen molar-refractivity contribution in [2.24, 2.45) is 0 Å². The number of nitrogens with one attached hydrogen (secondary N) is 2. The number of halogens is 2. The fourth-order valence-electron chi connectivity index (χ4n) is 2.44. The van der Waals surface area contributed by atoms with Gasteiger partial charge in [0.15, 0.2) is 6.10 Å². The predicted octanol–water partition coefficient (Wildman–Crippen LogP) is 3.02. The van der Waals surface area contributed by atoms with Gasteiger partial charge < -0.3 is 15.4 Å². The highest BCUT2D eigenvalue weighted by Crippen LogP contribution is 2.25. The number of carbonyl (C=O) groups excluding carboxylic acids is 1. The van der Waals surface area contributed by atoms with Crippen LogP contribution in [0.2, 0.25) is 10.0 Å². The highest BCUT2D eigenvalue weighted by Gasteiger charge is 2.23. The third kappa shape index (κ3) is 5.06. The van der Waals surface area contributed by atoms with Gasteiger partial charge in [-0.15, -0.1) is 0 Å². The Morgan fingerprint density at radius 1 is 1.38 bits per heavy atom. The SMILES string of the molecule is CC1CC(NC(=O)C(C)Oc2cc(Cl)cc(Cl)c2)CCN1. The Labute approximate surface area is 135 Å². The first-order valence-corrected chi connectivity index (χ1v) is 7.86. The van der Waals surface area contributed by atoms with Crippen molar-refractivity contribution in [2.45, 2.75) is 44.9 Å². The van der Waals surface area contributed by atoms with Gasteiger partial charge in [-0.3, -0.25) is 4.79 Å². The number of ether oxygens (including phenoxy) is 1. The molecule has 0 saturated carbocycles. The summed E-state index contributed by atoms with van der Waals surface area (Å²) in [7, 11) is 0. The van der Waals surface area contributed by atoms with Crippen LogP contribution in [0.5, 0.6) is 5.75 Å². The summed E-state index contributed by atoms with van der Waals surface area (Å²) in [6.07, 6.45) is 1.28. The van der Waals surface area contributed by atoms with Gasteiger partial charge in [0.2, 0.25) is 0 Å². The van der Waals surface area contributed by atoms with Gasteiger partial charge in [-0.25, -0.2) is 0 Å². The smallest absolute Gasteiger partial charge is 0.260 e. The highest BCUT2D eigenvalue weighted by molar-refractivity contribution is 6.34. The zero-order chi connectivity index (χ0) is 15.4. The number of hydrogen-bond acceptors (Lipinski definition) is 3. The molecular formula is C15H20Cl2N2O2. The van der Waals surface area contributed by atoms with Crippen LogP contribution in [0.15, 0.2) is 18.2 Å². The maximum absolute atomic E-state index is 12.2. The fourth-order valence-corrected chi connectivity index (χ4v) is 2.94. The molecule has 0 aromatic heterocycles. The second kappa shape index (κ2) is 7.34. The van der Waals surface area contributed by atoms with Crippen LogP contribution in [0.3, 0.4) is 0 Å². The van der Waals surface area contributed by atoms with Crippen LogP contribution in [-0.4, -0.2) is 30.6 Å². The Morgan fingerprint density at radius 2 is 2.05 bits per heavy atom. The van der Waals surface area contributed by atoms with E-state index in [9.17, 15) is 4.79 Å². The third-order valence-electron chi connectivity index (χ3n) is 3.49. The summed E-state index contributed by atoms with van der Waals surface area (Å²) in [4.78, 5) is 12.2. The molecule has 0 aliphatic carbocycles. The molecule has 2 rings (SSSR count). The van der Waals surface area contributed by atoms with Crippen molar-refractivity contribution >= 4 is 29.1 Å². The first kappa shape index (κ1) is 16.4. The van der Waals surface area contributed by atoms with Crippen molar-refractivity contribution in [3.63, 3.8) is 0 Å². The van der Waals surface area contributed by atoms with Gasteiger partial charge in [0.25, 0.3) is 5.91 Å². The molecule has 1 fully saturated rings. The molecule has 1 heterocycles. The minimum Gasteiger partial charge on any atom is -0.481 e. The predicted molar refractivity (Wildman–Crippen MR) is 85.2 cm³/mol. The lowest BCUT2D eigenvalue weighted by atomic mass is 10.0. The lowest BCUT2D eigenvalue weighted by Gasteiger charge is -2.29. The molecule has 0 radical (unpaired) electrons. The van der Waals surface area contributed by atoms with Gasteiger partial charge in [-0.05, 0) is 51.4 Å². The first-order valence-electron chi connectivity index (χ1n) is 7.10. The van der Waals surface area contributed by atoms with Crippen molar-refractivity contribution < 1.29 is 9.53 Å². The van der Waals surface area contributed by atoms with Crippen LogP contribution in [0, 0.1) is 0 Å². The largest absolute Gasteiger partial charge is 0.481 e. The monoisotopic (exact) mass is 330 g/mol. The molecule has 6 heteroatoms. The van der Waals surface area contributed by atoms with Crippen molar-refractivity contribution in [1.29, 1.82) is 0 Å².